The van der Waals surface area contributed by atoms with Crippen molar-refractivity contribution >= 4 is 5.91 Å². The summed E-state index contributed by atoms with van der Waals surface area (Å²) in [5.41, 5.74) is 6.40. The Hall–Kier alpha value is -1.36. The lowest BCUT2D eigenvalue weighted by Gasteiger charge is -2.01. The summed E-state index contributed by atoms with van der Waals surface area (Å²) in [6.07, 6.45) is 0. The predicted molar refractivity (Wildman–Crippen MR) is 44.5 cm³/mol. The van der Waals surface area contributed by atoms with Crippen LogP contribution in [0.3, 0.4) is 0 Å². The molecule has 0 atom stereocenters. The molecule has 0 saturated heterocycles. The zero-order valence-corrected chi connectivity index (χ0v) is 7.38. The minimum absolute atomic E-state index is 0.180. The lowest BCUT2D eigenvalue weighted by molar-refractivity contribution is 0.0928. The highest BCUT2D eigenvalue weighted by atomic mass is 16.2. The van der Waals surface area contributed by atoms with Crippen molar-refractivity contribution in [1.29, 1.82) is 0 Å². The minimum atomic E-state index is -0.180. The molecule has 0 unspecified atom stereocenters. The van der Waals surface area contributed by atoms with E-state index in [1.807, 2.05) is 6.92 Å². The Bertz CT molecular complexity index is 292. The summed E-state index contributed by atoms with van der Waals surface area (Å²) in [5, 5.41) is 4.04. The average molecular weight is 168 g/mol. The van der Waals surface area contributed by atoms with Crippen molar-refractivity contribution in [1.82, 2.24) is 20.6 Å². The Balaban J connectivity index is 2.87. The van der Waals surface area contributed by atoms with Gasteiger partial charge in [0.1, 0.15) is 5.69 Å². The molecule has 0 aliphatic rings. The van der Waals surface area contributed by atoms with E-state index in [9.17, 15) is 4.79 Å². The molecule has 1 heterocycles. The van der Waals surface area contributed by atoms with Crippen LogP contribution in [0.5, 0.6) is 0 Å². The second kappa shape index (κ2) is 3.36. The summed E-state index contributed by atoms with van der Waals surface area (Å²) in [6.45, 7) is 1.84. The normalized spacial score (nSPS) is 9.92. The van der Waals surface area contributed by atoms with Crippen LogP contribution in [0.25, 0.3) is 0 Å². The van der Waals surface area contributed by atoms with Crippen LogP contribution in [0.15, 0.2) is 6.07 Å². The van der Waals surface area contributed by atoms with Crippen molar-refractivity contribution in [3.05, 3.63) is 17.5 Å². The van der Waals surface area contributed by atoms with Crippen molar-refractivity contribution in [2.45, 2.75) is 6.92 Å². The smallest absolute Gasteiger partial charge is 0.283 e. The highest BCUT2D eigenvalue weighted by molar-refractivity contribution is 5.92. The monoisotopic (exact) mass is 168 g/mol. The van der Waals surface area contributed by atoms with Gasteiger partial charge in [0.05, 0.1) is 5.69 Å². The summed E-state index contributed by atoms with van der Waals surface area (Å²) < 4.78 is 1.54. The second-order valence-corrected chi connectivity index (χ2v) is 2.50. The molecule has 0 aliphatic carbocycles. The molecule has 0 radical (unpaired) electrons. The van der Waals surface area contributed by atoms with Gasteiger partial charge < -0.3 is 0 Å². The van der Waals surface area contributed by atoms with Crippen LogP contribution in [0, 0.1) is 6.92 Å². The van der Waals surface area contributed by atoms with Crippen LogP contribution in [-0.4, -0.2) is 22.7 Å². The fourth-order valence-electron chi connectivity index (χ4n) is 1.00. The van der Waals surface area contributed by atoms with E-state index >= 15 is 0 Å². The Kier molecular flexibility index (Phi) is 2.44. The van der Waals surface area contributed by atoms with E-state index in [1.54, 1.807) is 24.8 Å². The SMILES string of the molecule is CNNC(=O)c1cc(C)nn1C. The summed E-state index contributed by atoms with van der Waals surface area (Å²) in [5.74, 6) is -0.180. The van der Waals surface area contributed by atoms with Crippen LogP contribution < -0.4 is 10.9 Å². The number of carbonyl (C=O) groups excluding carboxylic acids is 1. The average Bonchev–Trinajstić information content (AvgIpc) is 2.30. The van der Waals surface area contributed by atoms with Gasteiger partial charge >= 0.3 is 0 Å². The van der Waals surface area contributed by atoms with Crippen LogP contribution >= 0.6 is 0 Å². The van der Waals surface area contributed by atoms with Gasteiger partial charge in [-0.25, -0.2) is 5.43 Å². The maximum atomic E-state index is 11.2. The number of hydrogen-bond acceptors (Lipinski definition) is 3. The van der Waals surface area contributed by atoms with Gasteiger partial charge in [-0.1, -0.05) is 0 Å². The lowest BCUT2D eigenvalue weighted by atomic mass is 10.3. The summed E-state index contributed by atoms with van der Waals surface area (Å²) >= 11 is 0. The van der Waals surface area contributed by atoms with E-state index < -0.39 is 0 Å². The first-order valence-electron chi connectivity index (χ1n) is 3.63. The molecule has 1 aromatic rings. The molecule has 0 fully saturated rings. The quantitative estimate of drug-likeness (QED) is 0.590. The van der Waals surface area contributed by atoms with E-state index in [-0.39, 0.29) is 5.91 Å². The zero-order valence-electron chi connectivity index (χ0n) is 7.38. The first-order valence-corrected chi connectivity index (χ1v) is 3.63. The van der Waals surface area contributed by atoms with Crippen molar-refractivity contribution in [2.24, 2.45) is 7.05 Å². The number of aryl methyl sites for hydroxylation is 2. The summed E-state index contributed by atoms with van der Waals surface area (Å²) in [4.78, 5) is 11.2. The molecular formula is C7H12N4O. The van der Waals surface area contributed by atoms with Crippen LogP contribution in [0.4, 0.5) is 0 Å². The molecule has 0 aliphatic heterocycles. The van der Waals surface area contributed by atoms with Gasteiger partial charge in [-0.3, -0.25) is 14.9 Å². The van der Waals surface area contributed by atoms with E-state index in [0.29, 0.717) is 5.69 Å². The number of aromatic nitrogens is 2. The van der Waals surface area contributed by atoms with Crippen molar-refractivity contribution < 1.29 is 4.79 Å². The third-order valence-electron chi connectivity index (χ3n) is 1.47. The Morgan fingerprint density at radius 3 is 2.75 bits per heavy atom. The number of nitrogens with one attached hydrogen (secondary N) is 2. The number of hydrazine groups is 1. The molecule has 0 bridgehead atoms. The van der Waals surface area contributed by atoms with Crippen molar-refractivity contribution in [3.63, 3.8) is 0 Å². The molecule has 0 saturated carbocycles. The fraction of sp³-hybridized carbons (Fsp3) is 0.429. The molecule has 0 aromatic carbocycles. The third-order valence-corrected chi connectivity index (χ3v) is 1.47. The van der Waals surface area contributed by atoms with Crippen LogP contribution in [0.1, 0.15) is 16.2 Å². The minimum Gasteiger partial charge on any atom is -0.286 e. The maximum absolute atomic E-state index is 11.2. The standard InChI is InChI=1S/C7H12N4O/c1-5-4-6(11(3)10-5)7(12)9-8-2/h4,8H,1-3H3,(H,9,12). The molecule has 5 heteroatoms. The van der Waals surface area contributed by atoms with Gasteiger partial charge in [-0.2, -0.15) is 5.10 Å². The molecule has 12 heavy (non-hydrogen) atoms. The van der Waals surface area contributed by atoms with E-state index in [4.69, 9.17) is 0 Å². The van der Waals surface area contributed by atoms with E-state index in [2.05, 4.69) is 16.0 Å². The Labute approximate surface area is 70.7 Å². The van der Waals surface area contributed by atoms with Gasteiger partial charge in [0, 0.05) is 14.1 Å². The number of carbonyl (C=O) groups is 1. The molecule has 66 valence electrons. The Morgan fingerprint density at radius 1 is 1.67 bits per heavy atom. The first-order chi connectivity index (χ1) is 5.65. The van der Waals surface area contributed by atoms with Gasteiger partial charge in [0.15, 0.2) is 0 Å². The maximum Gasteiger partial charge on any atom is 0.283 e. The third kappa shape index (κ3) is 1.62. The number of hydrogen-bond donors (Lipinski definition) is 2. The predicted octanol–water partition coefficient (Wildman–Crippen LogP) is -0.407. The largest absolute Gasteiger partial charge is 0.286 e. The Morgan fingerprint density at radius 2 is 2.33 bits per heavy atom. The molecule has 1 rings (SSSR count). The van der Waals surface area contributed by atoms with Crippen LogP contribution in [0.2, 0.25) is 0 Å². The number of amides is 1. The molecule has 1 aromatic heterocycles. The van der Waals surface area contributed by atoms with Gasteiger partial charge in [0.2, 0.25) is 0 Å². The van der Waals surface area contributed by atoms with Crippen molar-refractivity contribution in [2.75, 3.05) is 7.05 Å². The molecule has 1 amide bonds. The second-order valence-electron chi connectivity index (χ2n) is 2.50. The number of nitrogens with zero attached hydrogens (tertiary/aromatic N) is 2. The molecule has 5 nitrogen and oxygen atoms in total. The van der Waals surface area contributed by atoms with E-state index in [1.165, 1.54) is 0 Å². The highest BCUT2D eigenvalue weighted by Crippen LogP contribution is 2.00. The fourth-order valence-corrected chi connectivity index (χ4v) is 1.00. The summed E-state index contributed by atoms with van der Waals surface area (Å²) in [7, 11) is 3.37. The van der Waals surface area contributed by atoms with Crippen LogP contribution in [-0.2, 0) is 7.05 Å². The molecule has 2 N–H and O–H groups in total. The zero-order chi connectivity index (χ0) is 9.14. The topological polar surface area (TPSA) is 58.9 Å². The molecule has 0 spiro atoms. The van der Waals surface area contributed by atoms with E-state index in [0.717, 1.165) is 5.69 Å². The molecular weight excluding hydrogens is 156 g/mol. The van der Waals surface area contributed by atoms with Gasteiger partial charge in [-0.05, 0) is 13.0 Å². The van der Waals surface area contributed by atoms with Gasteiger partial charge in [-0.15, -0.1) is 0 Å². The summed E-state index contributed by atoms with van der Waals surface area (Å²) in [6, 6.07) is 1.73. The first kappa shape index (κ1) is 8.73. The number of rotatable bonds is 2. The lowest BCUT2D eigenvalue weighted by Crippen LogP contribution is -2.35. The highest BCUT2D eigenvalue weighted by Gasteiger charge is 2.09. The van der Waals surface area contributed by atoms with Gasteiger partial charge in [0.25, 0.3) is 5.91 Å². The van der Waals surface area contributed by atoms with Crippen molar-refractivity contribution in [3.8, 4) is 0 Å².